The molecule has 0 aromatic heterocycles. The molecule has 0 saturated carbocycles. The fourth-order valence-corrected chi connectivity index (χ4v) is 2.32. The zero-order chi connectivity index (χ0) is 14.3. The van der Waals surface area contributed by atoms with E-state index in [1.165, 1.54) is 58.5 Å². The lowest BCUT2D eigenvalue weighted by molar-refractivity contribution is -0.0299. The molecule has 0 aliphatic heterocycles. The molecule has 0 aliphatic carbocycles. The van der Waals surface area contributed by atoms with Crippen LogP contribution >= 0.6 is 0 Å². The second-order valence-electron chi connectivity index (χ2n) is 5.56. The lowest BCUT2D eigenvalue weighted by Crippen LogP contribution is -2.29. The van der Waals surface area contributed by atoms with Crippen molar-refractivity contribution in [2.45, 2.75) is 89.8 Å². The van der Waals surface area contributed by atoms with Crippen LogP contribution in [0.2, 0.25) is 0 Å². The number of hydrogen-bond acceptors (Lipinski definition) is 3. The van der Waals surface area contributed by atoms with Crippen LogP contribution in [0.1, 0.15) is 77.6 Å². The topological polar surface area (TPSA) is 49.7 Å². The van der Waals surface area contributed by atoms with Crippen molar-refractivity contribution < 1.29 is 14.9 Å². The van der Waals surface area contributed by atoms with Crippen LogP contribution in [0, 0.1) is 0 Å². The molecule has 116 valence electrons. The lowest BCUT2D eigenvalue weighted by atomic mass is 10.0. The summed E-state index contributed by atoms with van der Waals surface area (Å²) in [6.45, 7) is 2.47. The minimum atomic E-state index is -0.733. The van der Waals surface area contributed by atoms with E-state index in [0.29, 0.717) is 6.42 Å². The molecule has 0 rings (SSSR count). The van der Waals surface area contributed by atoms with Crippen LogP contribution in [0.25, 0.3) is 0 Å². The molecule has 0 aromatic carbocycles. The molecule has 2 N–H and O–H groups in total. The first-order valence-corrected chi connectivity index (χ1v) is 8.07. The highest BCUT2D eigenvalue weighted by Crippen LogP contribution is 2.12. The van der Waals surface area contributed by atoms with Crippen molar-refractivity contribution >= 4 is 0 Å². The zero-order valence-electron chi connectivity index (χ0n) is 12.9. The Morgan fingerprint density at radius 2 is 1.21 bits per heavy atom. The third-order valence-corrected chi connectivity index (χ3v) is 3.64. The maximum atomic E-state index is 9.64. The molecule has 0 radical (unpaired) electrons. The first-order valence-electron chi connectivity index (χ1n) is 8.07. The summed E-state index contributed by atoms with van der Waals surface area (Å²) in [6.07, 6.45) is 12.2. The highest BCUT2D eigenvalue weighted by molar-refractivity contribution is 4.66. The Morgan fingerprint density at radius 3 is 1.68 bits per heavy atom. The lowest BCUT2D eigenvalue weighted by Gasteiger charge is -2.16. The second-order valence-corrected chi connectivity index (χ2v) is 5.56. The van der Waals surface area contributed by atoms with Crippen LogP contribution in [0.4, 0.5) is 0 Å². The Labute approximate surface area is 119 Å². The third kappa shape index (κ3) is 12.6. The third-order valence-electron chi connectivity index (χ3n) is 3.64. The van der Waals surface area contributed by atoms with E-state index in [1.807, 2.05) is 0 Å². The predicted octanol–water partition coefficient (Wildman–Crippen LogP) is 3.67. The van der Waals surface area contributed by atoms with Gasteiger partial charge in [-0.15, -0.1) is 0 Å². The Morgan fingerprint density at radius 1 is 0.737 bits per heavy atom. The van der Waals surface area contributed by atoms with E-state index >= 15 is 0 Å². The van der Waals surface area contributed by atoms with Crippen molar-refractivity contribution in [3.8, 4) is 0 Å². The Bertz CT molecular complexity index is 173. The first-order chi connectivity index (χ1) is 9.22. The van der Waals surface area contributed by atoms with E-state index in [1.54, 1.807) is 0 Å². The molecule has 0 heterocycles. The van der Waals surface area contributed by atoms with Gasteiger partial charge in [-0.2, -0.15) is 0 Å². The van der Waals surface area contributed by atoms with Crippen molar-refractivity contribution in [1.82, 2.24) is 0 Å². The van der Waals surface area contributed by atoms with Gasteiger partial charge in [0.25, 0.3) is 0 Å². The molecule has 3 nitrogen and oxygen atoms in total. The Kier molecular flexibility index (Phi) is 14.2. The number of unbranched alkanes of at least 4 members (excludes halogenated alkanes) is 9. The molecule has 2 unspecified atom stereocenters. The number of aliphatic hydroxyl groups excluding tert-OH is 2. The first kappa shape index (κ1) is 18.9. The smallest absolute Gasteiger partial charge is 0.103 e. The van der Waals surface area contributed by atoms with Crippen molar-refractivity contribution in [3.05, 3.63) is 0 Å². The van der Waals surface area contributed by atoms with Crippen LogP contribution in [0.15, 0.2) is 0 Å². The average Bonchev–Trinajstić information content (AvgIpc) is 2.41. The van der Waals surface area contributed by atoms with Gasteiger partial charge in [-0.3, -0.25) is 0 Å². The molecule has 0 saturated heterocycles. The fraction of sp³-hybridized carbons (Fsp3) is 1.00. The van der Waals surface area contributed by atoms with Gasteiger partial charge in [0.1, 0.15) is 6.10 Å². The van der Waals surface area contributed by atoms with E-state index in [9.17, 15) is 10.2 Å². The van der Waals surface area contributed by atoms with Crippen LogP contribution < -0.4 is 0 Å². The summed E-state index contributed by atoms with van der Waals surface area (Å²) in [6, 6.07) is 0. The molecule has 2 atom stereocenters. The Balaban J connectivity index is 3.18. The van der Waals surface area contributed by atoms with Gasteiger partial charge in [-0.1, -0.05) is 71.1 Å². The van der Waals surface area contributed by atoms with Gasteiger partial charge in [-0.25, -0.2) is 0 Å². The molecule has 19 heavy (non-hydrogen) atoms. The summed E-state index contributed by atoms with van der Waals surface area (Å²) in [5, 5.41) is 19.1. The van der Waals surface area contributed by atoms with Crippen LogP contribution in [-0.4, -0.2) is 36.1 Å². The zero-order valence-corrected chi connectivity index (χ0v) is 12.9. The summed E-state index contributed by atoms with van der Waals surface area (Å²) in [5.74, 6) is 0. The van der Waals surface area contributed by atoms with E-state index < -0.39 is 12.2 Å². The molecule has 0 amide bonds. The van der Waals surface area contributed by atoms with Gasteiger partial charge in [0.2, 0.25) is 0 Å². The van der Waals surface area contributed by atoms with Gasteiger partial charge in [0, 0.05) is 7.11 Å². The summed E-state index contributed by atoms with van der Waals surface area (Å²) >= 11 is 0. The maximum absolute atomic E-state index is 9.64. The monoisotopic (exact) mass is 274 g/mol. The normalized spacial score (nSPS) is 14.5. The minimum absolute atomic E-state index is 0.221. The number of rotatable bonds is 14. The highest BCUT2D eigenvalue weighted by Gasteiger charge is 2.14. The molecule has 3 heteroatoms. The maximum Gasteiger partial charge on any atom is 0.103 e. The molecule has 0 fully saturated rings. The summed E-state index contributed by atoms with van der Waals surface area (Å²) in [5.41, 5.74) is 0. The van der Waals surface area contributed by atoms with E-state index in [-0.39, 0.29) is 6.61 Å². The van der Waals surface area contributed by atoms with Gasteiger partial charge in [-0.05, 0) is 6.42 Å². The average molecular weight is 274 g/mol. The van der Waals surface area contributed by atoms with Gasteiger partial charge in [0.05, 0.1) is 12.7 Å². The molecule has 0 aliphatic rings. The summed E-state index contributed by atoms with van der Waals surface area (Å²) < 4.78 is 4.81. The number of hydrogen-bond donors (Lipinski definition) is 2. The van der Waals surface area contributed by atoms with Crippen molar-refractivity contribution in [1.29, 1.82) is 0 Å². The standard InChI is InChI=1S/C16H34O3/c1-3-4-5-6-7-8-9-10-11-12-13-15(17)16(18)14-19-2/h15-18H,3-14H2,1-2H3. The van der Waals surface area contributed by atoms with Crippen LogP contribution in [0.3, 0.4) is 0 Å². The minimum Gasteiger partial charge on any atom is -0.390 e. The molecule has 0 aromatic rings. The molecule has 0 bridgehead atoms. The van der Waals surface area contributed by atoms with E-state index in [2.05, 4.69) is 6.92 Å². The second kappa shape index (κ2) is 14.3. The van der Waals surface area contributed by atoms with Gasteiger partial charge in [0.15, 0.2) is 0 Å². The molecular formula is C16H34O3. The van der Waals surface area contributed by atoms with Crippen molar-refractivity contribution in [3.63, 3.8) is 0 Å². The quantitative estimate of drug-likeness (QED) is 0.475. The largest absolute Gasteiger partial charge is 0.390 e. The van der Waals surface area contributed by atoms with Crippen molar-refractivity contribution in [2.75, 3.05) is 13.7 Å². The summed E-state index contributed by atoms with van der Waals surface area (Å²) in [4.78, 5) is 0. The SMILES string of the molecule is CCCCCCCCCCCCC(O)C(O)COC. The number of aliphatic hydroxyl groups is 2. The van der Waals surface area contributed by atoms with E-state index in [0.717, 1.165) is 12.8 Å². The van der Waals surface area contributed by atoms with Crippen molar-refractivity contribution in [2.24, 2.45) is 0 Å². The van der Waals surface area contributed by atoms with Gasteiger partial charge >= 0.3 is 0 Å². The fourth-order valence-electron chi connectivity index (χ4n) is 2.32. The van der Waals surface area contributed by atoms with Gasteiger partial charge < -0.3 is 14.9 Å². The Hall–Kier alpha value is -0.120. The molecular weight excluding hydrogens is 240 g/mol. The van der Waals surface area contributed by atoms with E-state index in [4.69, 9.17) is 4.74 Å². The van der Waals surface area contributed by atoms with Crippen LogP contribution in [0.5, 0.6) is 0 Å². The molecule has 0 spiro atoms. The highest BCUT2D eigenvalue weighted by atomic mass is 16.5. The van der Waals surface area contributed by atoms with Crippen LogP contribution in [-0.2, 0) is 4.74 Å². The summed E-state index contributed by atoms with van der Waals surface area (Å²) in [7, 11) is 1.54. The number of methoxy groups -OCH3 is 1. The predicted molar refractivity (Wildman–Crippen MR) is 80.4 cm³/mol. The number of ether oxygens (including phenoxy) is 1.